The van der Waals surface area contributed by atoms with Crippen LogP contribution in [0.5, 0.6) is 11.5 Å². The molecule has 0 saturated carbocycles. The number of aliphatic carboxylic acids is 1. The Morgan fingerprint density at radius 1 is 1.20 bits per heavy atom. The summed E-state index contributed by atoms with van der Waals surface area (Å²) in [5.41, 5.74) is 0.557. The summed E-state index contributed by atoms with van der Waals surface area (Å²) in [6, 6.07) is 10.3. The fraction of sp³-hybridized carbons (Fsp3) is 0. The van der Waals surface area contributed by atoms with E-state index in [0.717, 1.165) is 6.08 Å². The van der Waals surface area contributed by atoms with Gasteiger partial charge in [-0.05, 0) is 42.5 Å². The molecular weight excluding hydrogens is 283 g/mol. The van der Waals surface area contributed by atoms with Gasteiger partial charge in [-0.1, -0.05) is 11.6 Å². The third-order valence-corrected chi connectivity index (χ3v) is 2.66. The van der Waals surface area contributed by atoms with Crippen molar-refractivity contribution < 1.29 is 19.0 Å². The van der Waals surface area contributed by atoms with Gasteiger partial charge in [-0.3, -0.25) is 0 Å². The number of carboxylic acid groups (broad SMARTS) is 1. The van der Waals surface area contributed by atoms with E-state index >= 15 is 0 Å². The van der Waals surface area contributed by atoms with Crippen LogP contribution in [-0.2, 0) is 4.79 Å². The normalized spacial score (nSPS) is 10.7. The van der Waals surface area contributed by atoms with Gasteiger partial charge in [0.15, 0.2) is 0 Å². The zero-order chi connectivity index (χ0) is 14.5. The van der Waals surface area contributed by atoms with Gasteiger partial charge in [0.05, 0.1) is 0 Å². The molecule has 0 saturated heterocycles. The summed E-state index contributed by atoms with van der Waals surface area (Å²) in [5, 5.41) is 9.10. The van der Waals surface area contributed by atoms with Crippen LogP contribution < -0.4 is 4.74 Å². The number of ether oxygens (including phenoxy) is 1. The molecule has 0 fully saturated rings. The number of rotatable bonds is 4. The topological polar surface area (TPSA) is 46.5 Å². The van der Waals surface area contributed by atoms with Crippen LogP contribution in [-0.4, -0.2) is 11.1 Å². The molecule has 0 aromatic heterocycles. The minimum absolute atomic E-state index is 0.366. The third kappa shape index (κ3) is 3.83. The second-order valence-corrected chi connectivity index (χ2v) is 4.35. The zero-order valence-electron chi connectivity index (χ0n) is 10.2. The lowest BCUT2D eigenvalue weighted by Crippen LogP contribution is -1.90. The molecule has 0 unspecified atom stereocenters. The first-order valence-electron chi connectivity index (χ1n) is 5.68. The maximum Gasteiger partial charge on any atom is 0.328 e. The Kier molecular flexibility index (Phi) is 4.38. The molecule has 5 heteroatoms. The highest BCUT2D eigenvalue weighted by molar-refractivity contribution is 6.30. The Labute approximate surface area is 119 Å². The van der Waals surface area contributed by atoms with Gasteiger partial charge in [0.1, 0.15) is 17.3 Å². The average Bonchev–Trinajstić information content (AvgIpc) is 2.40. The number of hydrogen-bond donors (Lipinski definition) is 1. The summed E-state index contributed by atoms with van der Waals surface area (Å²) < 4.78 is 18.4. The van der Waals surface area contributed by atoms with Gasteiger partial charge < -0.3 is 9.84 Å². The Morgan fingerprint density at radius 2 is 1.90 bits per heavy atom. The second-order valence-electron chi connectivity index (χ2n) is 3.91. The summed E-state index contributed by atoms with van der Waals surface area (Å²) in [6.07, 6.45) is 2.40. The predicted molar refractivity (Wildman–Crippen MR) is 74.6 cm³/mol. The van der Waals surface area contributed by atoms with E-state index in [1.165, 1.54) is 30.3 Å². The molecule has 20 heavy (non-hydrogen) atoms. The maximum absolute atomic E-state index is 12.8. The molecule has 2 rings (SSSR count). The van der Waals surface area contributed by atoms with Crippen molar-refractivity contribution in [3.8, 4) is 11.5 Å². The summed E-state index contributed by atoms with van der Waals surface area (Å²) in [4.78, 5) is 10.6. The molecule has 0 aliphatic rings. The minimum atomic E-state index is -1.06. The largest absolute Gasteiger partial charge is 0.478 e. The molecule has 0 aliphatic heterocycles. The number of benzene rings is 2. The van der Waals surface area contributed by atoms with Gasteiger partial charge in [-0.15, -0.1) is 0 Å². The van der Waals surface area contributed by atoms with Crippen molar-refractivity contribution in [3.05, 3.63) is 64.9 Å². The molecule has 0 bridgehead atoms. The van der Waals surface area contributed by atoms with Crippen molar-refractivity contribution in [2.24, 2.45) is 0 Å². The van der Waals surface area contributed by atoms with Crippen LogP contribution in [0.25, 0.3) is 6.08 Å². The fourth-order valence-electron chi connectivity index (χ4n) is 1.52. The highest BCUT2D eigenvalue weighted by Gasteiger charge is 2.05. The van der Waals surface area contributed by atoms with Crippen molar-refractivity contribution in [3.63, 3.8) is 0 Å². The molecule has 0 spiro atoms. The van der Waals surface area contributed by atoms with Crippen LogP contribution in [0.2, 0.25) is 5.02 Å². The molecule has 102 valence electrons. The van der Waals surface area contributed by atoms with E-state index in [-0.39, 0.29) is 5.82 Å². The molecule has 0 heterocycles. The Morgan fingerprint density at radius 3 is 2.55 bits per heavy atom. The Bertz CT molecular complexity index is 651. The van der Waals surface area contributed by atoms with Gasteiger partial charge in [0.25, 0.3) is 0 Å². The van der Waals surface area contributed by atoms with Crippen LogP contribution in [0.15, 0.2) is 48.5 Å². The van der Waals surface area contributed by atoms with Crippen molar-refractivity contribution in [2.45, 2.75) is 0 Å². The van der Waals surface area contributed by atoms with Gasteiger partial charge in [0, 0.05) is 22.7 Å². The summed E-state index contributed by atoms with van der Waals surface area (Å²) in [7, 11) is 0. The lowest BCUT2D eigenvalue weighted by atomic mass is 10.2. The molecule has 2 aromatic rings. The Balaban J connectivity index is 2.31. The molecule has 0 atom stereocenters. The van der Waals surface area contributed by atoms with Crippen molar-refractivity contribution in [1.29, 1.82) is 0 Å². The molecule has 0 amide bonds. The first-order chi connectivity index (χ1) is 9.54. The smallest absolute Gasteiger partial charge is 0.328 e. The van der Waals surface area contributed by atoms with E-state index in [4.69, 9.17) is 21.4 Å². The van der Waals surface area contributed by atoms with E-state index < -0.39 is 5.97 Å². The maximum atomic E-state index is 12.8. The summed E-state index contributed by atoms with van der Waals surface area (Å²) in [5.74, 6) is -0.609. The third-order valence-electron chi connectivity index (χ3n) is 2.42. The predicted octanol–water partition coefficient (Wildman–Crippen LogP) is 4.37. The summed E-state index contributed by atoms with van der Waals surface area (Å²) >= 11 is 5.89. The average molecular weight is 293 g/mol. The van der Waals surface area contributed by atoms with Gasteiger partial charge in [-0.25, -0.2) is 9.18 Å². The second kappa shape index (κ2) is 6.21. The fourth-order valence-corrected chi connectivity index (χ4v) is 1.69. The Hall–Kier alpha value is -2.33. The zero-order valence-corrected chi connectivity index (χ0v) is 11.0. The van der Waals surface area contributed by atoms with Crippen molar-refractivity contribution in [2.75, 3.05) is 0 Å². The van der Waals surface area contributed by atoms with Crippen LogP contribution >= 0.6 is 11.6 Å². The number of hydrogen-bond acceptors (Lipinski definition) is 2. The molecule has 3 nitrogen and oxygen atoms in total. The monoisotopic (exact) mass is 292 g/mol. The highest BCUT2D eigenvalue weighted by Crippen LogP contribution is 2.29. The van der Waals surface area contributed by atoms with Crippen LogP contribution in [0, 0.1) is 5.82 Å². The number of carboxylic acids is 1. The van der Waals surface area contributed by atoms with Gasteiger partial charge in [0.2, 0.25) is 0 Å². The standard InChI is InChI=1S/C15H10ClFO3/c16-11-3-1-10(2-8-15(18)19)14(9-11)20-13-6-4-12(17)5-7-13/h1-9H,(H,18,19)/b8-2+. The highest BCUT2D eigenvalue weighted by atomic mass is 35.5. The van der Waals surface area contributed by atoms with Crippen LogP contribution in [0.4, 0.5) is 4.39 Å². The van der Waals surface area contributed by atoms with E-state index in [9.17, 15) is 9.18 Å². The lowest BCUT2D eigenvalue weighted by molar-refractivity contribution is -0.131. The van der Waals surface area contributed by atoms with Crippen molar-refractivity contribution in [1.82, 2.24) is 0 Å². The summed E-state index contributed by atoms with van der Waals surface area (Å²) in [6.45, 7) is 0. The van der Waals surface area contributed by atoms with Crippen molar-refractivity contribution >= 4 is 23.6 Å². The van der Waals surface area contributed by atoms with Gasteiger partial charge >= 0.3 is 5.97 Å². The first-order valence-corrected chi connectivity index (χ1v) is 6.06. The number of halogens is 2. The number of carbonyl (C=O) groups is 1. The van der Waals surface area contributed by atoms with E-state index in [2.05, 4.69) is 0 Å². The first kappa shape index (κ1) is 14.1. The van der Waals surface area contributed by atoms with Crippen LogP contribution in [0.3, 0.4) is 0 Å². The van der Waals surface area contributed by atoms with E-state index in [1.54, 1.807) is 18.2 Å². The van der Waals surface area contributed by atoms with Crippen LogP contribution in [0.1, 0.15) is 5.56 Å². The molecule has 0 radical (unpaired) electrons. The van der Waals surface area contributed by atoms with E-state index in [1.807, 2.05) is 0 Å². The minimum Gasteiger partial charge on any atom is -0.478 e. The lowest BCUT2D eigenvalue weighted by Gasteiger charge is -2.09. The molecule has 0 aliphatic carbocycles. The quantitative estimate of drug-likeness (QED) is 0.851. The SMILES string of the molecule is O=C(O)/C=C/c1ccc(Cl)cc1Oc1ccc(F)cc1. The van der Waals surface area contributed by atoms with E-state index in [0.29, 0.717) is 22.1 Å². The van der Waals surface area contributed by atoms with Gasteiger partial charge in [-0.2, -0.15) is 0 Å². The molecular formula is C15H10ClFO3. The molecule has 1 N–H and O–H groups in total. The molecule has 2 aromatic carbocycles.